The molecule has 0 aromatic carbocycles. The van der Waals surface area contributed by atoms with Crippen LogP contribution < -0.4 is 0 Å². The smallest absolute Gasteiger partial charge is 0.150 e. The second-order valence-electron chi connectivity index (χ2n) is 3.47. The Morgan fingerprint density at radius 3 is 2.88 bits per heavy atom. The van der Waals surface area contributed by atoms with Crippen LogP contribution in [0.25, 0.3) is 6.08 Å². The van der Waals surface area contributed by atoms with E-state index in [-0.39, 0.29) is 12.3 Å². The van der Waals surface area contributed by atoms with Crippen LogP contribution in [0, 0.1) is 5.82 Å². The minimum absolute atomic E-state index is 0.00464. The lowest BCUT2D eigenvalue weighted by atomic mass is 10.2. The summed E-state index contributed by atoms with van der Waals surface area (Å²) in [4.78, 5) is 3.96. The number of allylic oxidation sites excluding steroid dienone is 1. The number of nitrogens with zero attached hydrogens (tertiary/aromatic N) is 2. The lowest BCUT2D eigenvalue weighted by molar-refractivity contribution is 0.285. The third-order valence-corrected chi connectivity index (χ3v) is 2.14. The number of rotatable bonds is 6. The van der Waals surface area contributed by atoms with E-state index in [0.29, 0.717) is 5.69 Å². The molecule has 0 aliphatic rings. The zero-order chi connectivity index (χ0) is 12.5. The summed E-state index contributed by atoms with van der Waals surface area (Å²) >= 11 is 0. The molecule has 0 radical (unpaired) electrons. The van der Waals surface area contributed by atoms with Crippen molar-refractivity contribution in [1.29, 1.82) is 0 Å². The summed E-state index contributed by atoms with van der Waals surface area (Å²) in [6.07, 6.45) is 7.14. The van der Waals surface area contributed by atoms with Gasteiger partial charge in [0, 0.05) is 6.61 Å². The molecule has 1 heterocycles. The summed E-state index contributed by atoms with van der Waals surface area (Å²) in [5.41, 5.74) is 0.607. The van der Waals surface area contributed by atoms with Crippen LogP contribution in [0.2, 0.25) is 0 Å². The molecule has 0 spiro atoms. The van der Waals surface area contributed by atoms with E-state index in [1.165, 1.54) is 6.07 Å². The maximum Gasteiger partial charge on any atom is 0.150 e. The molecule has 17 heavy (non-hydrogen) atoms. The molecule has 0 amide bonds. The van der Waals surface area contributed by atoms with Crippen molar-refractivity contribution in [3.63, 3.8) is 0 Å². The molecule has 0 saturated heterocycles. The number of aliphatic hydroxyl groups is 1. The number of hydrogen-bond donors (Lipinski definition) is 2. The van der Waals surface area contributed by atoms with E-state index in [9.17, 15) is 4.39 Å². The number of oxime groups is 1. The Hall–Kier alpha value is -1.75. The number of hydrogen-bond acceptors (Lipinski definition) is 4. The van der Waals surface area contributed by atoms with Crippen LogP contribution >= 0.6 is 0 Å². The van der Waals surface area contributed by atoms with Gasteiger partial charge in [-0.05, 0) is 37.5 Å². The molecule has 0 aliphatic carbocycles. The van der Waals surface area contributed by atoms with E-state index in [1.54, 1.807) is 12.1 Å². The highest BCUT2D eigenvalue weighted by Gasteiger charge is 2.01. The third-order valence-electron chi connectivity index (χ3n) is 2.14. The third kappa shape index (κ3) is 4.74. The topological polar surface area (TPSA) is 65.7 Å². The average Bonchev–Trinajstić information content (AvgIpc) is 2.33. The molecule has 1 aromatic rings. The van der Waals surface area contributed by atoms with Crippen LogP contribution in [0.1, 0.15) is 30.7 Å². The predicted octanol–water partition coefficient (Wildman–Crippen LogP) is 2.20. The van der Waals surface area contributed by atoms with Gasteiger partial charge in [-0.2, -0.15) is 0 Å². The van der Waals surface area contributed by atoms with Crippen molar-refractivity contribution in [3.8, 4) is 0 Å². The van der Waals surface area contributed by atoms with Gasteiger partial charge < -0.3 is 10.3 Å². The molecule has 1 rings (SSSR count). The van der Waals surface area contributed by atoms with Crippen molar-refractivity contribution in [2.45, 2.75) is 19.3 Å². The van der Waals surface area contributed by atoms with Crippen LogP contribution in [0.5, 0.6) is 0 Å². The number of halogens is 1. The fraction of sp³-hybridized carbons (Fsp3) is 0.333. The molecule has 0 fully saturated rings. The molecule has 0 bridgehead atoms. The summed E-state index contributed by atoms with van der Waals surface area (Å²) in [5.74, 6) is -0.528. The van der Waals surface area contributed by atoms with Crippen LogP contribution in [0.3, 0.4) is 0 Å². The van der Waals surface area contributed by atoms with Gasteiger partial charge in [0.15, 0.2) is 5.82 Å². The Balaban J connectivity index is 2.62. The first-order valence-electron chi connectivity index (χ1n) is 5.39. The predicted molar refractivity (Wildman–Crippen MR) is 63.5 cm³/mol. The maximum atomic E-state index is 13.1. The van der Waals surface area contributed by atoms with Gasteiger partial charge in [-0.15, -0.1) is 0 Å². The summed E-state index contributed by atoms with van der Waals surface area (Å²) < 4.78 is 13.1. The fourth-order valence-electron chi connectivity index (χ4n) is 1.29. The molecule has 92 valence electrons. The summed E-state index contributed by atoms with van der Waals surface area (Å²) in [5, 5.41) is 19.7. The van der Waals surface area contributed by atoms with Gasteiger partial charge in [-0.1, -0.05) is 11.2 Å². The number of aliphatic hydroxyl groups excluding tert-OH is 1. The molecule has 2 N–H and O–H groups in total. The van der Waals surface area contributed by atoms with Gasteiger partial charge in [0.1, 0.15) is 5.69 Å². The van der Waals surface area contributed by atoms with Crippen LogP contribution in [-0.4, -0.2) is 28.1 Å². The molecule has 0 aliphatic heterocycles. The molecule has 4 nitrogen and oxygen atoms in total. The van der Waals surface area contributed by atoms with Gasteiger partial charge in [0.2, 0.25) is 0 Å². The van der Waals surface area contributed by atoms with Gasteiger partial charge in [0.05, 0.1) is 11.9 Å². The molecule has 0 saturated carbocycles. The van der Waals surface area contributed by atoms with Crippen molar-refractivity contribution in [2.24, 2.45) is 5.16 Å². The quantitative estimate of drug-likeness (QED) is 0.345. The molecular weight excluding hydrogens is 223 g/mol. The van der Waals surface area contributed by atoms with Crippen molar-refractivity contribution >= 4 is 12.3 Å². The van der Waals surface area contributed by atoms with Crippen LogP contribution in [0.4, 0.5) is 4.39 Å². The number of pyridine rings is 1. The highest BCUT2D eigenvalue weighted by Crippen LogP contribution is 2.07. The van der Waals surface area contributed by atoms with E-state index in [4.69, 9.17) is 10.3 Å². The van der Waals surface area contributed by atoms with E-state index in [1.807, 2.05) is 6.08 Å². The largest absolute Gasteiger partial charge is 0.411 e. The van der Waals surface area contributed by atoms with E-state index in [2.05, 4.69) is 10.1 Å². The lowest BCUT2D eigenvalue weighted by Crippen LogP contribution is -1.95. The second-order valence-corrected chi connectivity index (χ2v) is 3.47. The summed E-state index contributed by atoms with van der Waals surface area (Å²) in [6, 6.07) is 2.82. The minimum atomic E-state index is -0.528. The first-order valence-corrected chi connectivity index (χ1v) is 5.39. The fourth-order valence-corrected chi connectivity index (χ4v) is 1.29. The Morgan fingerprint density at radius 2 is 2.18 bits per heavy atom. The van der Waals surface area contributed by atoms with E-state index in [0.717, 1.165) is 25.5 Å². The SMILES string of the molecule is OCCCC/C=C/c1ccc(F)c(C=NO)n1. The minimum Gasteiger partial charge on any atom is -0.411 e. The average molecular weight is 238 g/mol. The number of aromatic nitrogens is 1. The maximum absolute atomic E-state index is 13.1. The highest BCUT2D eigenvalue weighted by atomic mass is 19.1. The van der Waals surface area contributed by atoms with Crippen molar-refractivity contribution in [2.75, 3.05) is 6.61 Å². The standard InChI is InChI=1S/C12H15FN2O2/c13-11-7-6-10(15-12(11)9-14-17)5-3-1-2-4-8-16/h3,5-7,9,16-17H,1-2,4,8H2/b5-3+,14-9?. The highest BCUT2D eigenvalue weighted by molar-refractivity contribution is 5.77. The Morgan fingerprint density at radius 1 is 1.35 bits per heavy atom. The summed E-state index contributed by atoms with van der Waals surface area (Å²) in [7, 11) is 0. The molecular formula is C12H15FN2O2. The van der Waals surface area contributed by atoms with Crippen molar-refractivity contribution < 1.29 is 14.7 Å². The lowest BCUT2D eigenvalue weighted by Gasteiger charge is -1.97. The monoisotopic (exact) mass is 238 g/mol. The first-order chi connectivity index (χ1) is 8.27. The van der Waals surface area contributed by atoms with Crippen LogP contribution in [-0.2, 0) is 0 Å². The molecule has 5 heteroatoms. The molecule has 0 atom stereocenters. The van der Waals surface area contributed by atoms with E-state index >= 15 is 0 Å². The zero-order valence-electron chi connectivity index (χ0n) is 9.38. The van der Waals surface area contributed by atoms with Gasteiger partial charge in [0.25, 0.3) is 0 Å². The number of unbranched alkanes of at least 4 members (excludes halogenated alkanes) is 2. The van der Waals surface area contributed by atoms with Crippen molar-refractivity contribution in [1.82, 2.24) is 4.98 Å². The van der Waals surface area contributed by atoms with E-state index < -0.39 is 5.82 Å². The Bertz CT molecular complexity index is 405. The molecule has 0 unspecified atom stereocenters. The zero-order valence-corrected chi connectivity index (χ0v) is 9.38. The Labute approximate surface area is 99.1 Å². The van der Waals surface area contributed by atoms with Crippen LogP contribution in [0.15, 0.2) is 23.4 Å². The second kappa shape index (κ2) is 7.51. The molecule has 1 aromatic heterocycles. The van der Waals surface area contributed by atoms with Crippen molar-refractivity contribution in [3.05, 3.63) is 35.4 Å². The first kappa shape index (κ1) is 13.3. The van der Waals surface area contributed by atoms with Gasteiger partial charge in [-0.3, -0.25) is 0 Å². The summed E-state index contributed by atoms with van der Waals surface area (Å²) in [6.45, 7) is 0.194. The normalized spacial score (nSPS) is 11.6. The Kier molecular flexibility index (Phi) is 5.88. The van der Waals surface area contributed by atoms with Gasteiger partial charge >= 0.3 is 0 Å². The van der Waals surface area contributed by atoms with Gasteiger partial charge in [-0.25, -0.2) is 9.37 Å².